The summed E-state index contributed by atoms with van der Waals surface area (Å²) < 4.78 is 0.884. The minimum atomic E-state index is -0.204. The molecule has 0 bridgehead atoms. The summed E-state index contributed by atoms with van der Waals surface area (Å²) in [6, 6.07) is 13.2. The molecule has 2 aromatic rings. The minimum absolute atomic E-state index is 0.157. The summed E-state index contributed by atoms with van der Waals surface area (Å²) in [6.07, 6.45) is 0.177. The Bertz CT molecular complexity index is 872. The smallest absolute Gasteiger partial charge is 0.234 e. The summed E-state index contributed by atoms with van der Waals surface area (Å²) in [4.78, 5) is 35.8. The van der Waals surface area contributed by atoms with Gasteiger partial charge in [0.2, 0.25) is 17.7 Å². The number of nitrogens with one attached hydrogen (secondary N) is 3. The van der Waals surface area contributed by atoms with Crippen LogP contribution < -0.4 is 16.0 Å². The van der Waals surface area contributed by atoms with Gasteiger partial charge in [0.25, 0.3) is 0 Å². The molecule has 3 amide bonds. The van der Waals surface area contributed by atoms with Crippen molar-refractivity contribution in [1.29, 1.82) is 0 Å². The largest absolute Gasteiger partial charge is 0.355 e. The van der Waals surface area contributed by atoms with E-state index in [1.807, 2.05) is 56.3 Å². The number of aryl methyl sites for hydroxylation is 2. The van der Waals surface area contributed by atoms with Gasteiger partial charge in [0.15, 0.2) is 0 Å². The molecular weight excluding hydrogens is 454 g/mol. The van der Waals surface area contributed by atoms with Crippen LogP contribution in [0.15, 0.2) is 46.9 Å². The van der Waals surface area contributed by atoms with Crippen molar-refractivity contribution in [3.05, 3.63) is 58.1 Å². The highest BCUT2D eigenvalue weighted by Gasteiger charge is 2.08. The lowest BCUT2D eigenvalue weighted by Crippen LogP contribution is -2.29. The highest BCUT2D eigenvalue weighted by atomic mass is 79.9. The van der Waals surface area contributed by atoms with Crippen LogP contribution in [0.1, 0.15) is 17.5 Å². The Morgan fingerprint density at radius 3 is 2.31 bits per heavy atom. The highest BCUT2D eigenvalue weighted by molar-refractivity contribution is 9.10. The first-order valence-electron chi connectivity index (χ1n) is 9.10. The molecule has 0 aliphatic carbocycles. The number of benzene rings is 2. The van der Waals surface area contributed by atoms with Crippen molar-refractivity contribution in [3.8, 4) is 0 Å². The standard InChI is InChI=1S/C21H24BrN3O3S/c1-14-3-7-17(8-4-14)24-21(28)13-29-12-20(27)23-10-9-19(26)25-18-11-16(22)6-5-15(18)2/h3-8,11H,9-10,12-13H2,1-2H3,(H,23,27)(H,24,28)(H,25,26). The van der Waals surface area contributed by atoms with Crippen molar-refractivity contribution in [3.63, 3.8) is 0 Å². The minimum Gasteiger partial charge on any atom is -0.355 e. The molecule has 8 heteroatoms. The van der Waals surface area contributed by atoms with Gasteiger partial charge in [-0.05, 0) is 43.7 Å². The van der Waals surface area contributed by atoms with E-state index in [4.69, 9.17) is 0 Å². The Kier molecular flexibility index (Phi) is 9.21. The second-order valence-electron chi connectivity index (χ2n) is 6.51. The molecular formula is C21H24BrN3O3S. The van der Waals surface area contributed by atoms with Gasteiger partial charge in [0.05, 0.1) is 11.5 Å². The molecule has 154 valence electrons. The third-order valence-electron chi connectivity index (χ3n) is 3.95. The zero-order chi connectivity index (χ0) is 21.2. The maximum Gasteiger partial charge on any atom is 0.234 e. The van der Waals surface area contributed by atoms with E-state index >= 15 is 0 Å². The second kappa shape index (κ2) is 11.6. The number of thioether (sulfide) groups is 1. The summed E-state index contributed by atoms with van der Waals surface area (Å²) in [5.41, 5.74) is 3.56. The maximum atomic E-state index is 12.0. The molecule has 0 unspecified atom stereocenters. The topological polar surface area (TPSA) is 87.3 Å². The predicted octanol–water partition coefficient (Wildman–Crippen LogP) is 3.88. The van der Waals surface area contributed by atoms with Crippen LogP contribution in [0.25, 0.3) is 0 Å². The summed E-state index contributed by atoms with van der Waals surface area (Å²) in [5.74, 6) is -0.186. The summed E-state index contributed by atoms with van der Waals surface area (Å²) in [7, 11) is 0. The van der Waals surface area contributed by atoms with Crippen LogP contribution in [0.2, 0.25) is 0 Å². The van der Waals surface area contributed by atoms with Crippen LogP contribution in [0, 0.1) is 13.8 Å². The van der Waals surface area contributed by atoms with Crippen LogP contribution in [0.5, 0.6) is 0 Å². The maximum absolute atomic E-state index is 12.0. The zero-order valence-electron chi connectivity index (χ0n) is 16.4. The fourth-order valence-electron chi connectivity index (χ4n) is 2.38. The molecule has 6 nitrogen and oxygen atoms in total. The Morgan fingerprint density at radius 1 is 0.897 bits per heavy atom. The van der Waals surface area contributed by atoms with E-state index < -0.39 is 0 Å². The molecule has 2 rings (SSSR count). The lowest BCUT2D eigenvalue weighted by molar-refractivity contribution is -0.119. The van der Waals surface area contributed by atoms with Crippen LogP contribution in [0.3, 0.4) is 0 Å². The van der Waals surface area contributed by atoms with Gasteiger partial charge < -0.3 is 16.0 Å². The Morgan fingerprint density at radius 2 is 1.59 bits per heavy atom. The van der Waals surface area contributed by atoms with Gasteiger partial charge in [-0.1, -0.05) is 39.7 Å². The molecule has 0 atom stereocenters. The molecule has 0 heterocycles. The van der Waals surface area contributed by atoms with Gasteiger partial charge in [-0.3, -0.25) is 14.4 Å². The lowest BCUT2D eigenvalue weighted by atomic mass is 10.2. The molecule has 0 spiro atoms. The van der Waals surface area contributed by atoms with Gasteiger partial charge in [0, 0.05) is 28.8 Å². The van der Waals surface area contributed by atoms with Crippen LogP contribution >= 0.6 is 27.7 Å². The molecule has 0 aliphatic heterocycles. The van der Waals surface area contributed by atoms with Crippen molar-refractivity contribution in [1.82, 2.24) is 5.32 Å². The average Bonchev–Trinajstić information content (AvgIpc) is 2.66. The van der Waals surface area contributed by atoms with Gasteiger partial charge in [-0.15, -0.1) is 11.8 Å². The average molecular weight is 478 g/mol. The third kappa shape index (κ3) is 8.70. The Hall–Kier alpha value is -2.32. The Balaban J connectivity index is 1.60. The van der Waals surface area contributed by atoms with E-state index in [-0.39, 0.29) is 42.2 Å². The molecule has 0 fully saturated rings. The third-order valence-corrected chi connectivity index (χ3v) is 5.38. The van der Waals surface area contributed by atoms with Gasteiger partial charge in [-0.25, -0.2) is 0 Å². The number of carbonyl (C=O) groups is 3. The predicted molar refractivity (Wildman–Crippen MR) is 122 cm³/mol. The fourth-order valence-corrected chi connectivity index (χ4v) is 3.39. The number of rotatable bonds is 9. The van der Waals surface area contributed by atoms with Crippen LogP contribution in [-0.2, 0) is 14.4 Å². The van der Waals surface area contributed by atoms with E-state index in [0.29, 0.717) is 0 Å². The molecule has 0 saturated carbocycles. The first kappa shape index (κ1) is 23.0. The lowest BCUT2D eigenvalue weighted by Gasteiger charge is -2.09. The summed E-state index contributed by atoms with van der Waals surface area (Å²) in [6.45, 7) is 4.13. The van der Waals surface area contributed by atoms with E-state index in [0.717, 1.165) is 27.0 Å². The number of halogens is 1. The highest BCUT2D eigenvalue weighted by Crippen LogP contribution is 2.20. The quantitative estimate of drug-likeness (QED) is 0.511. The second-order valence-corrected chi connectivity index (χ2v) is 8.42. The normalized spacial score (nSPS) is 10.3. The molecule has 0 saturated heterocycles. The van der Waals surface area contributed by atoms with E-state index in [1.165, 1.54) is 11.8 Å². The van der Waals surface area contributed by atoms with Crippen molar-refractivity contribution < 1.29 is 14.4 Å². The zero-order valence-corrected chi connectivity index (χ0v) is 18.8. The molecule has 2 aromatic carbocycles. The monoisotopic (exact) mass is 477 g/mol. The van der Waals surface area contributed by atoms with Gasteiger partial charge in [-0.2, -0.15) is 0 Å². The van der Waals surface area contributed by atoms with Gasteiger partial charge >= 0.3 is 0 Å². The van der Waals surface area contributed by atoms with Crippen molar-refractivity contribution >= 4 is 56.8 Å². The molecule has 29 heavy (non-hydrogen) atoms. The first-order valence-corrected chi connectivity index (χ1v) is 11.1. The summed E-state index contributed by atoms with van der Waals surface area (Å²) >= 11 is 4.60. The number of anilines is 2. The van der Waals surface area contributed by atoms with Gasteiger partial charge in [0.1, 0.15) is 0 Å². The number of carbonyl (C=O) groups excluding carboxylic acids is 3. The fraction of sp³-hybridized carbons (Fsp3) is 0.286. The van der Waals surface area contributed by atoms with Crippen molar-refractivity contribution in [2.24, 2.45) is 0 Å². The molecule has 0 aliphatic rings. The number of hydrogen-bond acceptors (Lipinski definition) is 4. The number of hydrogen-bond donors (Lipinski definition) is 3. The van der Waals surface area contributed by atoms with Crippen molar-refractivity contribution in [2.45, 2.75) is 20.3 Å². The number of amides is 3. The molecule has 0 radical (unpaired) electrons. The van der Waals surface area contributed by atoms with E-state index in [2.05, 4.69) is 31.9 Å². The SMILES string of the molecule is Cc1ccc(NC(=O)CSCC(=O)NCCC(=O)Nc2cc(Br)ccc2C)cc1. The van der Waals surface area contributed by atoms with E-state index in [1.54, 1.807) is 0 Å². The van der Waals surface area contributed by atoms with Crippen LogP contribution in [-0.4, -0.2) is 35.8 Å². The molecule has 0 aromatic heterocycles. The molecule has 3 N–H and O–H groups in total. The van der Waals surface area contributed by atoms with Crippen LogP contribution in [0.4, 0.5) is 11.4 Å². The first-order chi connectivity index (χ1) is 13.8. The summed E-state index contributed by atoms with van der Waals surface area (Å²) in [5, 5.41) is 8.31. The van der Waals surface area contributed by atoms with Crippen molar-refractivity contribution in [2.75, 3.05) is 28.7 Å². The Labute approximate surface area is 183 Å². The van der Waals surface area contributed by atoms with E-state index in [9.17, 15) is 14.4 Å².